The van der Waals surface area contributed by atoms with E-state index in [1.807, 2.05) is 30.5 Å². The zero-order valence-electron chi connectivity index (χ0n) is 9.51. The first kappa shape index (κ1) is 13.6. The lowest BCUT2D eigenvalue weighted by Crippen LogP contribution is -2.32. The molecule has 18 heavy (non-hydrogen) atoms. The number of hydrogen-bond donors (Lipinski definition) is 4. The SMILES string of the molecule is N=C=O.N[C@@H](Cc1c[nH]c2ccccc12)C(=O)O. The molecular weight excluding hydrogens is 234 g/mol. The zero-order chi connectivity index (χ0) is 13.5. The summed E-state index contributed by atoms with van der Waals surface area (Å²) in [7, 11) is 0. The van der Waals surface area contributed by atoms with Gasteiger partial charge < -0.3 is 15.8 Å². The second-order valence-electron chi connectivity index (χ2n) is 3.61. The van der Waals surface area contributed by atoms with Gasteiger partial charge in [0.15, 0.2) is 0 Å². The maximum atomic E-state index is 10.6. The Kier molecular flexibility index (Phi) is 4.80. The molecule has 1 atom stereocenters. The van der Waals surface area contributed by atoms with Gasteiger partial charge in [-0.2, -0.15) is 0 Å². The number of fused-ring (bicyclic) bond motifs is 1. The van der Waals surface area contributed by atoms with Gasteiger partial charge in [0.05, 0.1) is 0 Å². The lowest BCUT2D eigenvalue weighted by molar-refractivity contribution is -0.138. The van der Waals surface area contributed by atoms with Crippen LogP contribution in [0.1, 0.15) is 5.56 Å². The average Bonchev–Trinajstić information content (AvgIpc) is 2.74. The minimum absolute atomic E-state index is 0.347. The summed E-state index contributed by atoms with van der Waals surface area (Å²) in [4.78, 5) is 22.1. The monoisotopic (exact) mass is 247 g/mol. The lowest BCUT2D eigenvalue weighted by atomic mass is 10.1. The van der Waals surface area contributed by atoms with E-state index in [0.29, 0.717) is 6.42 Å². The molecule has 0 aliphatic heterocycles. The highest BCUT2D eigenvalue weighted by molar-refractivity contribution is 5.84. The maximum absolute atomic E-state index is 10.6. The number of nitrogens with two attached hydrogens (primary N) is 1. The van der Waals surface area contributed by atoms with Gasteiger partial charge >= 0.3 is 5.97 Å². The Morgan fingerprint density at radius 1 is 1.50 bits per heavy atom. The van der Waals surface area contributed by atoms with Gasteiger partial charge in [-0.15, -0.1) is 0 Å². The van der Waals surface area contributed by atoms with Crippen LogP contribution in [0.15, 0.2) is 30.5 Å². The van der Waals surface area contributed by atoms with Crippen molar-refractivity contribution < 1.29 is 14.7 Å². The van der Waals surface area contributed by atoms with Gasteiger partial charge in [0.2, 0.25) is 6.08 Å². The first-order chi connectivity index (χ1) is 8.60. The summed E-state index contributed by atoms with van der Waals surface area (Å²) in [6.07, 6.45) is 2.91. The summed E-state index contributed by atoms with van der Waals surface area (Å²) in [5.74, 6) is -0.972. The summed E-state index contributed by atoms with van der Waals surface area (Å²) in [5, 5.41) is 15.2. The highest BCUT2D eigenvalue weighted by Crippen LogP contribution is 2.18. The molecule has 0 aliphatic rings. The van der Waals surface area contributed by atoms with Crippen LogP contribution in [0.4, 0.5) is 0 Å². The van der Waals surface area contributed by atoms with E-state index in [2.05, 4.69) is 4.98 Å². The smallest absolute Gasteiger partial charge is 0.320 e. The Bertz CT molecular complexity index is 571. The molecule has 0 bridgehead atoms. The number of rotatable bonds is 3. The number of nitrogens with one attached hydrogen (secondary N) is 2. The molecule has 1 aromatic carbocycles. The maximum Gasteiger partial charge on any atom is 0.320 e. The van der Waals surface area contributed by atoms with Gasteiger partial charge in [0.25, 0.3) is 0 Å². The molecule has 5 N–H and O–H groups in total. The van der Waals surface area contributed by atoms with E-state index in [1.165, 1.54) is 0 Å². The standard InChI is InChI=1S/C11H12N2O2.CHNO/c12-9(11(14)15)5-7-6-13-10-4-2-1-3-8(7)10;2-1-3/h1-4,6,9,13H,5,12H2,(H,14,15);2H/t9-;/m0./s1. The minimum Gasteiger partial charge on any atom is -0.480 e. The number of carbonyl (C=O) groups excluding carboxylic acids is 1. The molecular formula is C12H13N3O3. The summed E-state index contributed by atoms with van der Waals surface area (Å²) < 4.78 is 0. The summed E-state index contributed by atoms with van der Waals surface area (Å²) >= 11 is 0. The van der Waals surface area contributed by atoms with Crippen molar-refractivity contribution in [3.63, 3.8) is 0 Å². The van der Waals surface area contributed by atoms with Crippen LogP contribution in [0.3, 0.4) is 0 Å². The van der Waals surface area contributed by atoms with Crippen LogP contribution in [0.25, 0.3) is 10.9 Å². The van der Waals surface area contributed by atoms with Gasteiger partial charge in [-0.05, 0) is 11.6 Å². The van der Waals surface area contributed by atoms with E-state index >= 15 is 0 Å². The highest BCUT2D eigenvalue weighted by Gasteiger charge is 2.14. The van der Waals surface area contributed by atoms with Crippen LogP contribution >= 0.6 is 0 Å². The van der Waals surface area contributed by atoms with Gasteiger partial charge in [-0.1, -0.05) is 18.2 Å². The second-order valence-corrected chi connectivity index (χ2v) is 3.61. The fourth-order valence-electron chi connectivity index (χ4n) is 1.62. The first-order valence-electron chi connectivity index (χ1n) is 5.17. The van der Waals surface area contributed by atoms with Crippen molar-refractivity contribution in [2.45, 2.75) is 12.5 Å². The highest BCUT2D eigenvalue weighted by atomic mass is 16.4. The third-order valence-electron chi connectivity index (χ3n) is 2.43. The van der Waals surface area contributed by atoms with Crippen LogP contribution < -0.4 is 5.73 Å². The summed E-state index contributed by atoms with van der Waals surface area (Å²) in [5.41, 5.74) is 7.43. The Balaban J connectivity index is 0.000000492. The Morgan fingerprint density at radius 3 is 2.72 bits per heavy atom. The molecule has 0 spiro atoms. The fraction of sp³-hybridized carbons (Fsp3) is 0.167. The molecule has 0 saturated heterocycles. The molecule has 6 heteroatoms. The molecule has 6 nitrogen and oxygen atoms in total. The van der Waals surface area contributed by atoms with E-state index in [-0.39, 0.29) is 0 Å². The molecule has 0 radical (unpaired) electrons. The summed E-state index contributed by atoms with van der Waals surface area (Å²) in [6, 6.07) is 6.91. The van der Waals surface area contributed by atoms with E-state index in [9.17, 15) is 4.79 Å². The third-order valence-corrected chi connectivity index (χ3v) is 2.43. The molecule has 1 heterocycles. The number of hydrogen-bond acceptors (Lipinski definition) is 4. The molecule has 0 aliphatic carbocycles. The van der Waals surface area contributed by atoms with Gasteiger partial charge in [-0.25, -0.2) is 10.2 Å². The van der Waals surface area contributed by atoms with Gasteiger partial charge in [0.1, 0.15) is 6.04 Å². The van der Waals surface area contributed by atoms with Crippen molar-refractivity contribution in [2.75, 3.05) is 0 Å². The molecule has 1 aromatic heterocycles. The van der Waals surface area contributed by atoms with Crippen LogP contribution in [0.5, 0.6) is 0 Å². The van der Waals surface area contributed by atoms with E-state index in [0.717, 1.165) is 22.5 Å². The molecule has 0 unspecified atom stereocenters. The third kappa shape index (κ3) is 3.28. The number of H-pyrrole nitrogens is 1. The van der Waals surface area contributed by atoms with Crippen molar-refractivity contribution in [3.8, 4) is 0 Å². The van der Waals surface area contributed by atoms with Gasteiger partial charge in [0, 0.05) is 23.5 Å². The lowest BCUT2D eigenvalue weighted by Gasteiger charge is -2.04. The molecule has 94 valence electrons. The van der Waals surface area contributed by atoms with Crippen molar-refractivity contribution >= 4 is 23.0 Å². The molecule has 2 aromatic rings. The number of aromatic amines is 1. The number of aliphatic carboxylic acids is 1. The topological polar surface area (TPSA) is 120 Å². The average molecular weight is 247 g/mol. The largest absolute Gasteiger partial charge is 0.480 e. The van der Waals surface area contributed by atoms with E-state index in [4.69, 9.17) is 21.0 Å². The van der Waals surface area contributed by atoms with Crippen molar-refractivity contribution in [2.24, 2.45) is 5.73 Å². The zero-order valence-corrected chi connectivity index (χ0v) is 9.51. The molecule has 0 amide bonds. The van der Waals surface area contributed by atoms with E-state index in [1.54, 1.807) is 0 Å². The predicted octanol–water partition coefficient (Wildman–Crippen LogP) is 1.02. The minimum atomic E-state index is -0.972. The van der Waals surface area contributed by atoms with Crippen LogP contribution in [-0.4, -0.2) is 28.2 Å². The van der Waals surface area contributed by atoms with Crippen molar-refractivity contribution in [1.82, 2.24) is 4.98 Å². The Morgan fingerprint density at radius 2 is 2.11 bits per heavy atom. The summed E-state index contributed by atoms with van der Waals surface area (Å²) in [6.45, 7) is 0. The number of aromatic nitrogens is 1. The van der Waals surface area contributed by atoms with Crippen LogP contribution in [0, 0.1) is 5.41 Å². The van der Waals surface area contributed by atoms with Gasteiger partial charge in [-0.3, -0.25) is 4.79 Å². The molecule has 0 fully saturated rings. The Labute approximate surface area is 103 Å². The molecule has 2 rings (SSSR count). The normalized spacial score (nSPS) is 11.2. The van der Waals surface area contributed by atoms with Crippen LogP contribution in [0.2, 0.25) is 0 Å². The number of para-hydroxylation sites is 1. The van der Waals surface area contributed by atoms with Crippen molar-refractivity contribution in [3.05, 3.63) is 36.0 Å². The Hall–Kier alpha value is -2.43. The predicted molar refractivity (Wildman–Crippen MR) is 66.0 cm³/mol. The van der Waals surface area contributed by atoms with Crippen LogP contribution in [-0.2, 0) is 16.0 Å². The number of isocyanates is 1. The van der Waals surface area contributed by atoms with E-state index < -0.39 is 12.0 Å². The molecule has 0 saturated carbocycles. The van der Waals surface area contributed by atoms with Crippen molar-refractivity contribution in [1.29, 1.82) is 5.41 Å². The number of benzene rings is 1. The number of carboxylic acid groups (broad SMARTS) is 1. The quantitative estimate of drug-likeness (QED) is 0.478. The first-order valence-corrected chi connectivity index (χ1v) is 5.17. The second kappa shape index (κ2) is 6.34. The number of carboxylic acids is 1. The number of carbonyl (C=O) groups is 1. The fourth-order valence-corrected chi connectivity index (χ4v) is 1.62.